The van der Waals surface area contributed by atoms with Crippen LogP contribution in [-0.2, 0) is 4.74 Å². The molecule has 2 heteroatoms. The van der Waals surface area contributed by atoms with E-state index in [1.807, 2.05) is 0 Å². The summed E-state index contributed by atoms with van der Waals surface area (Å²) in [4.78, 5) is 0. The van der Waals surface area contributed by atoms with Crippen LogP contribution in [0.1, 0.15) is 20.3 Å². The van der Waals surface area contributed by atoms with Crippen molar-refractivity contribution < 1.29 is 4.74 Å². The molecule has 8 heavy (non-hydrogen) atoms. The van der Waals surface area contributed by atoms with Crippen LogP contribution < -0.4 is 0 Å². The second kappa shape index (κ2) is 4.21. The molecule has 0 aromatic carbocycles. The van der Waals surface area contributed by atoms with Crippen molar-refractivity contribution in [2.45, 2.75) is 26.4 Å². The topological polar surface area (TPSA) is 9.23 Å². The summed E-state index contributed by atoms with van der Waals surface area (Å²) in [5.74, 6) is 0.889. The second-order valence-electron chi connectivity index (χ2n) is 1.82. The van der Waals surface area contributed by atoms with E-state index in [2.05, 4.69) is 12.6 Å². The van der Waals surface area contributed by atoms with Crippen molar-refractivity contribution in [1.82, 2.24) is 0 Å². The van der Waals surface area contributed by atoms with Crippen molar-refractivity contribution in [1.29, 1.82) is 0 Å². The summed E-state index contributed by atoms with van der Waals surface area (Å²) in [6.45, 7) is 0.950. The highest BCUT2D eigenvalue weighted by Crippen LogP contribution is 2.11. The van der Waals surface area contributed by atoms with Crippen LogP contribution in [0.2, 0.25) is 0 Å². The lowest BCUT2D eigenvalue weighted by Gasteiger charge is -2.00. The van der Waals surface area contributed by atoms with Crippen LogP contribution in [0.4, 0.5) is 0 Å². The molecule has 1 aliphatic rings. The highest BCUT2D eigenvalue weighted by atomic mass is 32.1. The molecule has 0 aliphatic carbocycles. The molecular formula is C6H14OS. The van der Waals surface area contributed by atoms with Gasteiger partial charge in [0.25, 0.3) is 0 Å². The third kappa shape index (κ3) is 2.05. The van der Waals surface area contributed by atoms with E-state index in [1.54, 1.807) is 0 Å². The van der Waals surface area contributed by atoms with Crippen molar-refractivity contribution in [3.8, 4) is 0 Å². The quantitative estimate of drug-likeness (QED) is 0.537. The van der Waals surface area contributed by atoms with Crippen LogP contribution in [0.25, 0.3) is 0 Å². The van der Waals surface area contributed by atoms with Crippen molar-refractivity contribution in [2.24, 2.45) is 0 Å². The minimum Gasteiger partial charge on any atom is -0.377 e. The molecule has 1 aliphatic heterocycles. The molecule has 0 saturated carbocycles. The summed E-state index contributed by atoms with van der Waals surface area (Å²) >= 11 is 4.09. The van der Waals surface area contributed by atoms with E-state index >= 15 is 0 Å². The molecule has 0 amide bonds. The zero-order chi connectivity index (χ0) is 5.11. The van der Waals surface area contributed by atoms with Gasteiger partial charge in [-0.15, -0.1) is 0 Å². The van der Waals surface area contributed by atoms with E-state index in [0.29, 0.717) is 6.10 Å². The first kappa shape index (κ1) is 8.31. The molecular weight excluding hydrogens is 120 g/mol. The van der Waals surface area contributed by atoms with E-state index in [4.69, 9.17) is 4.74 Å². The van der Waals surface area contributed by atoms with Crippen molar-refractivity contribution in [3.63, 3.8) is 0 Å². The summed E-state index contributed by atoms with van der Waals surface area (Å²) in [6, 6.07) is 0. The van der Waals surface area contributed by atoms with Crippen LogP contribution in [0.15, 0.2) is 0 Å². The molecule has 0 aromatic rings. The van der Waals surface area contributed by atoms with E-state index in [1.165, 1.54) is 12.8 Å². The van der Waals surface area contributed by atoms with Gasteiger partial charge in [0.1, 0.15) is 0 Å². The van der Waals surface area contributed by atoms with Gasteiger partial charge in [-0.05, 0) is 12.8 Å². The average Bonchev–Trinajstić information content (AvgIpc) is 2.14. The van der Waals surface area contributed by atoms with Crippen LogP contribution >= 0.6 is 12.6 Å². The van der Waals surface area contributed by atoms with Crippen LogP contribution in [-0.4, -0.2) is 18.5 Å². The largest absolute Gasteiger partial charge is 0.377 e. The Bertz CT molecular complexity index is 50.5. The Balaban J connectivity index is 0.000000490. The molecule has 0 N–H and O–H groups in total. The molecule has 1 nitrogen and oxygen atoms in total. The third-order valence-electron chi connectivity index (χ3n) is 1.23. The van der Waals surface area contributed by atoms with Crippen LogP contribution in [0, 0.1) is 0 Å². The smallest absolute Gasteiger partial charge is 0.0663 e. The van der Waals surface area contributed by atoms with Gasteiger partial charge in [-0.3, -0.25) is 0 Å². The molecule has 0 spiro atoms. The summed E-state index contributed by atoms with van der Waals surface area (Å²) in [7, 11) is 0. The first-order valence-electron chi connectivity index (χ1n) is 2.66. The van der Waals surface area contributed by atoms with E-state index in [0.717, 1.165) is 12.4 Å². The normalized spacial score (nSPS) is 27.4. The van der Waals surface area contributed by atoms with Crippen LogP contribution in [0.3, 0.4) is 0 Å². The molecule has 1 rings (SSSR count). The Morgan fingerprint density at radius 1 is 1.62 bits per heavy atom. The standard InChI is InChI=1S/C5H10OS.CH4/c7-4-5-2-1-3-6-5;/h5,7H,1-4H2;1H4/t5-;/m0./s1. The van der Waals surface area contributed by atoms with Gasteiger partial charge < -0.3 is 4.74 Å². The van der Waals surface area contributed by atoms with Gasteiger partial charge in [0.15, 0.2) is 0 Å². The zero-order valence-electron chi connectivity index (χ0n) is 4.26. The highest BCUT2D eigenvalue weighted by Gasteiger charge is 2.11. The molecule has 0 bridgehead atoms. The third-order valence-corrected chi connectivity index (χ3v) is 1.63. The first-order chi connectivity index (χ1) is 3.43. The van der Waals surface area contributed by atoms with Crippen molar-refractivity contribution in [2.75, 3.05) is 12.4 Å². The molecule has 1 atom stereocenters. The lowest BCUT2D eigenvalue weighted by molar-refractivity contribution is 0.129. The first-order valence-corrected chi connectivity index (χ1v) is 3.29. The molecule has 1 fully saturated rings. The Labute approximate surface area is 56.8 Å². The summed E-state index contributed by atoms with van der Waals surface area (Å²) in [5, 5.41) is 0. The summed E-state index contributed by atoms with van der Waals surface area (Å²) in [6.07, 6.45) is 2.90. The zero-order valence-corrected chi connectivity index (χ0v) is 5.16. The van der Waals surface area contributed by atoms with E-state index in [-0.39, 0.29) is 7.43 Å². The van der Waals surface area contributed by atoms with Crippen molar-refractivity contribution in [3.05, 3.63) is 0 Å². The fourth-order valence-electron chi connectivity index (χ4n) is 0.788. The number of hydrogen-bond acceptors (Lipinski definition) is 2. The van der Waals surface area contributed by atoms with Gasteiger partial charge in [-0.25, -0.2) is 0 Å². The minimum absolute atomic E-state index is 0. The maximum absolute atomic E-state index is 5.23. The maximum atomic E-state index is 5.23. The predicted molar refractivity (Wildman–Crippen MR) is 39.6 cm³/mol. The molecule has 1 saturated heterocycles. The minimum atomic E-state index is 0. The molecule has 0 radical (unpaired) electrons. The number of ether oxygens (including phenoxy) is 1. The van der Waals surface area contributed by atoms with Crippen molar-refractivity contribution >= 4 is 12.6 Å². The van der Waals surface area contributed by atoms with Gasteiger partial charge in [0.05, 0.1) is 6.10 Å². The number of thiol groups is 1. The lowest BCUT2D eigenvalue weighted by atomic mass is 10.3. The Hall–Kier alpha value is 0.310. The highest BCUT2D eigenvalue weighted by molar-refractivity contribution is 7.80. The monoisotopic (exact) mass is 134 g/mol. The number of hydrogen-bond donors (Lipinski definition) is 1. The number of rotatable bonds is 1. The van der Waals surface area contributed by atoms with Gasteiger partial charge in [-0.2, -0.15) is 12.6 Å². The fraction of sp³-hybridized carbons (Fsp3) is 1.00. The average molecular weight is 134 g/mol. The Morgan fingerprint density at radius 3 is 2.62 bits per heavy atom. The van der Waals surface area contributed by atoms with E-state index in [9.17, 15) is 0 Å². The summed E-state index contributed by atoms with van der Waals surface area (Å²) < 4.78 is 5.23. The van der Waals surface area contributed by atoms with E-state index < -0.39 is 0 Å². The summed E-state index contributed by atoms with van der Waals surface area (Å²) in [5.41, 5.74) is 0. The van der Waals surface area contributed by atoms with Gasteiger partial charge >= 0.3 is 0 Å². The maximum Gasteiger partial charge on any atom is 0.0663 e. The fourth-order valence-corrected chi connectivity index (χ4v) is 1.08. The SMILES string of the molecule is C.SC[C@@H]1CCCO1. The predicted octanol–water partition coefficient (Wildman–Crippen LogP) is 1.73. The second-order valence-corrected chi connectivity index (χ2v) is 2.18. The molecule has 1 heterocycles. The Morgan fingerprint density at radius 2 is 2.38 bits per heavy atom. The molecule has 0 aromatic heterocycles. The molecule has 50 valence electrons. The molecule has 0 unspecified atom stereocenters. The van der Waals surface area contributed by atoms with Gasteiger partial charge in [0, 0.05) is 12.4 Å². The van der Waals surface area contributed by atoms with Crippen LogP contribution in [0.5, 0.6) is 0 Å². The lowest BCUT2D eigenvalue weighted by Crippen LogP contribution is -2.04. The van der Waals surface area contributed by atoms with Gasteiger partial charge in [-0.1, -0.05) is 7.43 Å². The Kier molecular flexibility index (Phi) is 4.38. The van der Waals surface area contributed by atoms with Gasteiger partial charge in [0.2, 0.25) is 0 Å².